The summed E-state index contributed by atoms with van der Waals surface area (Å²) in [5.41, 5.74) is 13.6. The van der Waals surface area contributed by atoms with Gasteiger partial charge in [-0.3, -0.25) is 9.36 Å². The summed E-state index contributed by atoms with van der Waals surface area (Å²) in [5, 5.41) is 10.4. The molecule has 0 spiro atoms. The second kappa shape index (κ2) is 9.53. The number of rotatable bonds is 7. The number of aryl methyl sites for hydroxylation is 1. The van der Waals surface area contributed by atoms with E-state index >= 15 is 0 Å². The molecule has 8 heteroatoms. The Morgan fingerprint density at radius 3 is 2.29 bits per heavy atom. The SMILES string of the molecule is C=C(c1c(C(N)=C=O)c(N)n(-c2c(C)ccc(O)c2C)c1C(=C/C)/C(C)=C\C(C)=O)C(C)(F)F. The van der Waals surface area contributed by atoms with Gasteiger partial charge in [0, 0.05) is 23.6 Å². The lowest BCUT2D eigenvalue weighted by Gasteiger charge is -2.22. The Hall–Kier alpha value is -3.90. The Balaban J connectivity index is 3.32. The monoisotopic (exact) mass is 469 g/mol. The first-order valence-electron chi connectivity index (χ1n) is 10.5. The van der Waals surface area contributed by atoms with Crippen LogP contribution in [0.4, 0.5) is 14.6 Å². The number of aromatic hydroxyl groups is 1. The van der Waals surface area contributed by atoms with Crippen LogP contribution in [0.3, 0.4) is 0 Å². The average molecular weight is 470 g/mol. The van der Waals surface area contributed by atoms with Crippen molar-refractivity contribution in [3.8, 4) is 11.4 Å². The molecular formula is C26H29F2N3O3. The Kier molecular flexibility index (Phi) is 7.39. The fourth-order valence-corrected chi connectivity index (χ4v) is 4.02. The lowest BCUT2D eigenvalue weighted by Crippen LogP contribution is -2.15. The number of hydrogen-bond donors (Lipinski definition) is 3. The number of nitrogen functional groups attached to an aromatic ring is 1. The highest BCUT2D eigenvalue weighted by molar-refractivity contribution is 6.02. The van der Waals surface area contributed by atoms with Gasteiger partial charge in [-0.05, 0) is 63.5 Å². The van der Waals surface area contributed by atoms with Crippen molar-refractivity contribution in [2.24, 2.45) is 5.73 Å². The number of allylic oxidation sites excluding steroid dienone is 5. The summed E-state index contributed by atoms with van der Waals surface area (Å²) in [6.07, 6.45) is 3.00. The quantitative estimate of drug-likeness (QED) is 0.296. The molecule has 0 saturated heterocycles. The van der Waals surface area contributed by atoms with Crippen LogP contribution in [0.2, 0.25) is 0 Å². The molecule has 2 rings (SSSR count). The normalized spacial score (nSPS) is 12.5. The molecule has 0 saturated carbocycles. The minimum atomic E-state index is -3.40. The van der Waals surface area contributed by atoms with Crippen LogP contribution in [0.25, 0.3) is 22.5 Å². The van der Waals surface area contributed by atoms with Crippen LogP contribution in [0.1, 0.15) is 55.6 Å². The summed E-state index contributed by atoms with van der Waals surface area (Å²) in [7, 11) is 0. The first-order valence-corrected chi connectivity index (χ1v) is 10.5. The maximum absolute atomic E-state index is 14.6. The molecule has 0 aliphatic carbocycles. The highest BCUT2D eigenvalue weighted by Crippen LogP contribution is 2.46. The minimum Gasteiger partial charge on any atom is -0.508 e. The number of anilines is 1. The molecule has 0 amide bonds. The first kappa shape index (κ1) is 26.4. The van der Waals surface area contributed by atoms with Gasteiger partial charge in [-0.25, -0.2) is 13.6 Å². The minimum absolute atomic E-state index is 0.0423. The van der Waals surface area contributed by atoms with Crippen molar-refractivity contribution in [2.75, 3.05) is 5.73 Å². The zero-order valence-electron chi connectivity index (χ0n) is 20.1. The average Bonchev–Trinajstić information content (AvgIpc) is 3.02. The molecule has 2 aromatic rings. The molecule has 1 heterocycles. The van der Waals surface area contributed by atoms with Gasteiger partial charge < -0.3 is 16.6 Å². The van der Waals surface area contributed by atoms with Gasteiger partial charge in [-0.2, -0.15) is 0 Å². The van der Waals surface area contributed by atoms with Gasteiger partial charge >= 0.3 is 0 Å². The highest BCUT2D eigenvalue weighted by atomic mass is 19.3. The molecule has 34 heavy (non-hydrogen) atoms. The number of nitrogens with zero attached hydrogens (tertiary/aromatic N) is 1. The van der Waals surface area contributed by atoms with Crippen molar-refractivity contribution in [1.29, 1.82) is 0 Å². The molecular weight excluding hydrogens is 440 g/mol. The van der Waals surface area contributed by atoms with E-state index in [9.17, 15) is 23.5 Å². The van der Waals surface area contributed by atoms with Gasteiger partial charge in [-0.15, -0.1) is 0 Å². The Morgan fingerprint density at radius 1 is 1.24 bits per heavy atom. The summed E-state index contributed by atoms with van der Waals surface area (Å²) < 4.78 is 30.8. The number of ketones is 1. The predicted octanol–water partition coefficient (Wildman–Crippen LogP) is 5.12. The van der Waals surface area contributed by atoms with Crippen LogP contribution < -0.4 is 11.5 Å². The van der Waals surface area contributed by atoms with Crippen molar-refractivity contribution < 1.29 is 23.5 Å². The Bertz CT molecular complexity index is 1300. The Morgan fingerprint density at radius 2 is 1.82 bits per heavy atom. The molecule has 6 nitrogen and oxygen atoms in total. The number of halogens is 2. The first-order chi connectivity index (χ1) is 15.7. The number of aromatic nitrogens is 1. The van der Waals surface area contributed by atoms with Crippen molar-refractivity contribution in [3.05, 3.63) is 64.4 Å². The van der Waals surface area contributed by atoms with Gasteiger partial charge in [0.15, 0.2) is 11.7 Å². The van der Waals surface area contributed by atoms with E-state index in [1.54, 1.807) is 45.8 Å². The van der Waals surface area contributed by atoms with Crippen molar-refractivity contribution >= 4 is 34.4 Å². The molecule has 5 N–H and O–H groups in total. The van der Waals surface area contributed by atoms with E-state index in [4.69, 9.17) is 11.5 Å². The van der Waals surface area contributed by atoms with Crippen molar-refractivity contribution in [2.45, 2.75) is 47.5 Å². The zero-order chi connectivity index (χ0) is 26.1. The van der Waals surface area contributed by atoms with Crippen LogP contribution in [0, 0.1) is 13.8 Å². The van der Waals surface area contributed by atoms with E-state index in [0.717, 1.165) is 0 Å². The lowest BCUT2D eigenvalue weighted by atomic mass is 9.91. The molecule has 0 aliphatic rings. The molecule has 0 atom stereocenters. The molecule has 1 aromatic carbocycles. The number of nitrogens with two attached hydrogens (primary N) is 2. The van der Waals surface area contributed by atoms with Crippen LogP contribution in [-0.2, 0) is 9.59 Å². The van der Waals surface area contributed by atoms with Crippen LogP contribution in [0.5, 0.6) is 5.75 Å². The van der Waals surface area contributed by atoms with Gasteiger partial charge in [0.05, 0.1) is 16.9 Å². The van der Waals surface area contributed by atoms with Crippen molar-refractivity contribution in [1.82, 2.24) is 4.57 Å². The van der Waals surface area contributed by atoms with E-state index in [-0.39, 0.29) is 34.2 Å². The standard InChI is InChI=1S/C26H29F2N3O3/c1-8-18(14(3)11-15(4)33)24-21(17(6)26(7,27)28)22(19(29)12-32)25(30)31(24)23-13(2)9-10-20(34)16(23)5/h8-11,34H,6,29-30H2,1-5,7H3/b14-11-,18-8+. The van der Waals surface area contributed by atoms with Crippen LogP contribution in [-0.4, -0.2) is 27.3 Å². The summed E-state index contributed by atoms with van der Waals surface area (Å²) in [6, 6.07) is 3.15. The molecule has 1 aromatic heterocycles. The van der Waals surface area contributed by atoms with E-state index in [1.807, 2.05) is 0 Å². The third-order valence-electron chi connectivity index (χ3n) is 5.63. The van der Waals surface area contributed by atoms with Gasteiger partial charge in [-0.1, -0.05) is 18.7 Å². The predicted molar refractivity (Wildman–Crippen MR) is 132 cm³/mol. The third kappa shape index (κ3) is 4.58. The fraction of sp³-hybridized carbons (Fsp3) is 0.269. The Labute approximate surface area is 197 Å². The molecule has 0 fully saturated rings. The number of phenols is 1. The molecule has 0 unspecified atom stereocenters. The maximum atomic E-state index is 14.6. The largest absolute Gasteiger partial charge is 0.508 e. The smallest absolute Gasteiger partial charge is 0.270 e. The van der Waals surface area contributed by atoms with Crippen molar-refractivity contribution in [3.63, 3.8) is 0 Å². The van der Waals surface area contributed by atoms with Crippen LogP contribution >= 0.6 is 0 Å². The molecule has 0 bridgehead atoms. The van der Waals surface area contributed by atoms with Gasteiger partial charge in [0.1, 0.15) is 17.3 Å². The summed E-state index contributed by atoms with van der Waals surface area (Å²) >= 11 is 0. The number of carbonyl (C=O) groups excluding carboxylic acids is 2. The maximum Gasteiger partial charge on any atom is 0.270 e. The summed E-state index contributed by atoms with van der Waals surface area (Å²) in [6.45, 7) is 12.4. The second-order valence-corrected chi connectivity index (χ2v) is 8.22. The summed E-state index contributed by atoms with van der Waals surface area (Å²) in [4.78, 5) is 23.4. The number of phenolic OH excluding ortho intramolecular Hbond substituents is 1. The fourth-order valence-electron chi connectivity index (χ4n) is 4.02. The van der Waals surface area contributed by atoms with E-state index in [2.05, 4.69) is 6.58 Å². The second-order valence-electron chi connectivity index (χ2n) is 8.22. The zero-order valence-corrected chi connectivity index (χ0v) is 20.1. The number of benzene rings is 1. The number of carbonyl (C=O) groups is 1. The van der Waals surface area contributed by atoms with E-state index < -0.39 is 17.2 Å². The number of hydrogen-bond acceptors (Lipinski definition) is 5. The molecule has 0 radical (unpaired) electrons. The lowest BCUT2D eigenvalue weighted by molar-refractivity contribution is -0.112. The molecule has 0 aliphatic heterocycles. The highest BCUT2D eigenvalue weighted by Gasteiger charge is 2.37. The van der Waals surface area contributed by atoms with Gasteiger partial charge in [0.2, 0.25) is 0 Å². The van der Waals surface area contributed by atoms with Gasteiger partial charge in [0.25, 0.3) is 5.92 Å². The summed E-state index contributed by atoms with van der Waals surface area (Å²) in [5.74, 6) is -2.25. The molecule has 180 valence electrons. The topological polar surface area (TPSA) is 111 Å². The van der Waals surface area contributed by atoms with Crippen LogP contribution in [0.15, 0.2) is 36.4 Å². The van der Waals surface area contributed by atoms with E-state index in [1.165, 1.54) is 23.6 Å². The third-order valence-corrected chi connectivity index (χ3v) is 5.63. The van der Waals surface area contributed by atoms with E-state index in [0.29, 0.717) is 34.9 Å². The number of alkyl halides is 2.